The first-order valence-corrected chi connectivity index (χ1v) is 9.31. The highest BCUT2D eigenvalue weighted by atomic mass is 16.7. The van der Waals surface area contributed by atoms with Crippen LogP contribution in [0.1, 0.15) is 53.4 Å². The second-order valence-electron chi connectivity index (χ2n) is 6.66. The lowest BCUT2D eigenvalue weighted by Crippen LogP contribution is -2.38. The lowest BCUT2D eigenvalue weighted by atomic mass is 9.96. The zero-order chi connectivity index (χ0) is 21.7. The molecule has 0 radical (unpaired) electrons. The summed E-state index contributed by atoms with van der Waals surface area (Å²) in [4.78, 5) is 38.2. The maximum absolute atomic E-state index is 12.3. The molecule has 9 heteroatoms. The van der Waals surface area contributed by atoms with Crippen molar-refractivity contribution in [3.05, 3.63) is 58.9 Å². The summed E-state index contributed by atoms with van der Waals surface area (Å²) in [6, 6.07) is 9.47. The predicted molar refractivity (Wildman–Crippen MR) is 102 cm³/mol. The second kappa shape index (κ2) is 9.55. The Bertz CT molecular complexity index is 907. The lowest BCUT2D eigenvalue weighted by Gasteiger charge is -2.35. The Labute approximate surface area is 173 Å². The van der Waals surface area contributed by atoms with Gasteiger partial charge in [-0.1, -0.05) is 30.3 Å². The van der Waals surface area contributed by atoms with E-state index in [9.17, 15) is 14.4 Å². The van der Waals surface area contributed by atoms with Gasteiger partial charge in [0.1, 0.15) is 18.4 Å². The van der Waals surface area contributed by atoms with Crippen molar-refractivity contribution in [3.63, 3.8) is 0 Å². The van der Waals surface area contributed by atoms with Crippen LogP contribution in [0.2, 0.25) is 0 Å². The van der Waals surface area contributed by atoms with Crippen LogP contribution in [-0.4, -0.2) is 42.7 Å². The predicted octanol–water partition coefficient (Wildman–Crippen LogP) is 2.58. The number of hydrogen-bond donors (Lipinski definition) is 1. The molecule has 0 spiro atoms. The number of rotatable bonds is 7. The van der Waals surface area contributed by atoms with E-state index >= 15 is 0 Å². The minimum absolute atomic E-state index is 0.114. The van der Waals surface area contributed by atoms with E-state index < -0.39 is 36.4 Å². The fraction of sp³-hybridized carbons (Fsp3) is 0.381. The first kappa shape index (κ1) is 21.5. The number of carbonyl (C=O) groups excluding carboxylic acids is 3. The Morgan fingerprint density at radius 2 is 1.83 bits per heavy atom. The second-order valence-corrected chi connectivity index (χ2v) is 6.66. The molecule has 0 bridgehead atoms. The van der Waals surface area contributed by atoms with Crippen molar-refractivity contribution in [2.75, 3.05) is 13.7 Å². The molecular weight excluding hydrogens is 394 g/mol. The summed E-state index contributed by atoms with van der Waals surface area (Å²) in [5.41, 5.74) is 1.91. The van der Waals surface area contributed by atoms with Crippen molar-refractivity contribution in [3.8, 4) is 0 Å². The number of hydrogen-bond acceptors (Lipinski definition) is 8. The zero-order valence-corrected chi connectivity index (χ0v) is 16.9. The van der Waals surface area contributed by atoms with Crippen molar-refractivity contribution in [2.45, 2.75) is 39.0 Å². The number of benzene rings is 1. The van der Waals surface area contributed by atoms with Gasteiger partial charge in [0.2, 0.25) is 0 Å². The Hall–Kier alpha value is -3.17. The zero-order valence-electron chi connectivity index (χ0n) is 16.9. The average molecular weight is 417 g/mol. The number of ether oxygens (including phenoxy) is 5. The quantitative estimate of drug-likeness (QED) is 0.540. The number of methoxy groups -OCH3 is 1. The molecule has 0 aliphatic carbocycles. The van der Waals surface area contributed by atoms with E-state index in [1.54, 1.807) is 6.20 Å². The van der Waals surface area contributed by atoms with Gasteiger partial charge in [0.05, 0.1) is 13.7 Å². The number of fused-ring (bicyclic) bond motifs is 1. The Morgan fingerprint density at radius 3 is 2.47 bits per heavy atom. The molecular formula is C21H23NO8. The van der Waals surface area contributed by atoms with Gasteiger partial charge in [-0.3, -0.25) is 9.59 Å². The molecule has 1 N–H and O–H groups in total. The van der Waals surface area contributed by atoms with Crippen molar-refractivity contribution in [1.82, 2.24) is 4.98 Å². The molecule has 3 rings (SSSR count). The van der Waals surface area contributed by atoms with Crippen LogP contribution in [0.5, 0.6) is 0 Å². The van der Waals surface area contributed by atoms with Crippen LogP contribution >= 0.6 is 0 Å². The van der Waals surface area contributed by atoms with Crippen LogP contribution in [0.3, 0.4) is 0 Å². The molecule has 0 saturated carbocycles. The van der Waals surface area contributed by atoms with E-state index in [0.29, 0.717) is 11.1 Å². The van der Waals surface area contributed by atoms with Gasteiger partial charge in [-0.25, -0.2) is 4.79 Å². The molecule has 1 aliphatic heterocycles. The molecule has 1 aliphatic rings. The Balaban J connectivity index is 1.95. The summed E-state index contributed by atoms with van der Waals surface area (Å²) in [6.45, 7) is 2.55. The number of aromatic amines is 1. The smallest absolute Gasteiger partial charge is 0.354 e. The standard InChI is InChI=1S/C21H23NO8/c1-12(23)27-11-16-19(29-13(2)24)17-15(9-22-18(17)20(25)26-3)21(30-16)28-10-14-7-5-4-6-8-14/h4-9,16,19,21-22H,10-11H2,1-3H3/t16-,19-,21+/m1/s1. The number of esters is 3. The van der Waals surface area contributed by atoms with Crippen molar-refractivity contribution in [2.24, 2.45) is 0 Å². The fourth-order valence-electron chi connectivity index (χ4n) is 3.23. The van der Waals surface area contributed by atoms with Gasteiger partial charge in [-0.05, 0) is 5.56 Å². The molecule has 9 nitrogen and oxygen atoms in total. The van der Waals surface area contributed by atoms with Crippen LogP contribution in [-0.2, 0) is 39.9 Å². The van der Waals surface area contributed by atoms with Gasteiger partial charge in [-0.2, -0.15) is 0 Å². The van der Waals surface area contributed by atoms with Crippen LogP contribution in [0.4, 0.5) is 0 Å². The van der Waals surface area contributed by atoms with Gasteiger partial charge >= 0.3 is 17.9 Å². The molecule has 30 heavy (non-hydrogen) atoms. The van der Waals surface area contributed by atoms with Crippen molar-refractivity contribution < 1.29 is 38.1 Å². The van der Waals surface area contributed by atoms with Gasteiger partial charge in [-0.15, -0.1) is 0 Å². The highest BCUT2D eigenvalue weighted by Gasteiger charge is 2.43. The van der Waals surface area contributed by atoms with Crippen LogP contribution in [0.15, 0.2) is 36.5 Å². The van der Waals surface area contributed by atoms with Crippen molar-refractivity contribution in [1.29, 1.82) is 0 Å². The van der Waals surface area contributed by atoms with E-state index in [1.807, 2.05) is 30.3 Å². The average Bonchev–Trinajstić information content (AvgIpc) is 3.17. The maximum Gasteiger partial charge on any atom is 0.354 e. The largest absolute Gasteiger partial charge is 0.464 e. The van der Waals surface area contributed by atoms with E-state index in [2.05, 4.69) is 4.98 Å². The number of nitrogens with one attached hydrogen (secondary N) is 1. The topological polar surface area (TPSA) is 113 Å². The van der Waals surface area contributed by atoms with Crippen LogP contribution in [0, 0.1) is 0 Å². The summed E-state index contributed by atoms with van der Waals surface area (Å²) in [6.07, 6.45) is -1.21. The highest BCUT2D eigenvalue weighted by molar-refractivity contribution is 5.90. The van der Waals surface area contributed by atoms with Crippen LogP contribution < -0.4 is 0 Å². The molecule has 1 aromatic heterocycles. The number of carbonyl (C=O) groups is 3. The molecule has 160 valence electrons. The summed E-state index contributed by atoms with van der Waals surface area (Å²) in [5.74, 6) is -1.73. The minimum atomic E-state index is -0.992. The normalized spacial score (nSPS) is 20.2. The Morgan fingerprint density at radius 1 is 1.10 bits per heavy atom. The van der Waals surface area contributed by atoms with E-state index in [4.69, 9.17) is 23.7 Å². The molecule has 0 fully saturated rings. The third kappa shape index (κ3) is 4.87. The van der Waals surface area contributed by atoms with Gasteiger partial charge in [0, 0.05) is 31.2 Å². The molecule has 2 heterocycles. The fourth-order valence-corrected chi connectivity index (χ4v) is 3.23. The maximum atomic E-state index is 12.3. The molecule has 1 aromatic carbocycles. The summed E-state index contributed by atoms with van der Waals surface area (Å²) >= 11 is 0. The molecule has 3 atom stereocenters. The minimum Gasteiger partial charge on any atom is -0.464 e. The Kier molecular flexibility index (Phi) is 6.86. The van der Waals surface area contributed by atoms with Gasteiger partial charge in [0.15, 0.2) is 12.4 Å². The number of H-pyrrole nitrogens is 1. The van der Waals surface area contributed by atoms with E-state index in [0.717, 1.165) is 5.56 Å². The summed E-state index contributed by atoms with van der Waals surface area (Å²) in [7, 11) is 1.25. The van der Waals surface area contributed by atoms with E-state index in [-0.39, 0.29) is 18.9 Å². The molecule has 0 saturated heterocycles. The van der Waals surface area contributed by atoms with Crippen LogP contribution in [0.25, 0.3) is 0 Å². The highest BCUT2D eigenvalue weighted by Crippen LogP contribution is 2.42. The lowest BCUT2D eigenvalue weighted by molar-refractivity contribution is -0.231. The first-order chi connectivity index (χ1) is 14.4. The molecule has 2 aromatic rings. The van der Waals surface area contributed by atoms with E-state index in [1.165, 1.54) is 21.0 Å². The van der Waals surface area contributed by atoms with Gasteiger partial charge in [0.25, 0.3) is 0 Å². The first-order valence-electron chi connectivity index (χ1n) is 9.31. The third-order valence-electron chi connectivity index (χ3n) is 4.50. The third-order valence-corrected chi connectivity index (χ3v) is 4.50. The summed E-state index contributed by atoms with van der Waals surface area (Å²) in [5, 5.41) is 0. The SMILES string of the molecule is COC(=O)c1[nH]cc2c1[C@H](OC(C)=O)[C@@H](COC(C)=O)O[C@@H]2OCc1ccccc1. The summed E-state index contributed by atoms with van der Waals surface area (Å²) < 4.78 is 27.3. The van der Waals surface area contributed by atoms with Crippen molar-refractivity contribution >= 4 is 17.9 Å². The monoisotopic (exact) mass is 417 g/mol. The van der Waals surface area contributed by atoms with Gasteiger partial charge < -0.3 is 28.7 Å². The molecule has 0 unspecified atom stereocenters. The molecule has 0 amide bonds. The number of aromatic nitrogens is 1.